The largest absolute Gasteiger partial charge is 0.399 e. The third kappa shape index (κ3) is 4.19. The van der Waals surface area contributed by atoms with Crippen molar-refractivity contribution in [2.45, 2.75) is 31.1 Å². The van der Waals surface area contributed by atoms with Crippen LogP contribution in [0.3, 0.4) is 0 Å². The molecule has 1 saturated carbocycles. The van der Waals surface area contributed by atoms with Crippen LogP contribution in [0.4, 0.5) is 5.69 Å². The van der Waals surface area contributed by atoms with E-state index in [1.807, 2.05) is 6.92 Å². The average Bonchev–Trinajstić information content (AvgIpc) is 3.22. The van der Waals surface area contributed by atoms with Gasteiger partial charge in [-0.25, -0.2) is 13.1 Å². The molecule has 2 rings (SSSR count). The summed E-state index contributed by atoms with van der Waals surface area (Å²) < 4.78 is 32.5. The number of hydrogen-bond donors (Lipinski definition) is 2. The fourth-order valence-electron chi connectivity index (χ4n) is 1.97. The summed E-state index contributed by atoms with van der Waals surface area (Å²) in [5.41, 5.74) is 6.90. The number of aryl methyl sites for hydroxylation is 1. The lowest BCUT2D eigenvalue weighted by Gasteiger charge is -2.11. The van der Waals surface area contributed by atoms with Crippen molar-refractivity contribution < 1.29 is 13.2 Å². The van der Waals surface area contributed by atoms with E-state index in [2.05, 4.69) is 4.72 Å². The zero-order valence-electron chi connectivity index (χ0n) is 11.8. The van der Waals surface area contributed by atoms with Gasteiger partial charge in [0.2, 0.25) is 10.0 Å². The number of benzene rings is 1. The minimum absolute atomic E-state index is 0.266. The normalized spacial score (nSPS) is 15.4. The van der Waals surface area contributed by atoms with Crippen LogP contribution in [0.1, 0.15) is 25.3 Å². The standard InChI is InChI=1S/C14H22N2O3S/c1-2-12-5-6-13(15)9-14(12)20(17,18)16-7-8-19-10-11-3-4-11/h5-6,9,11,16H,2-4,7-8,10,15H2,1H3. The average molecular weight is 298 g/mol. The van der Waals surface area contributed by atoms with Crippen LogP contribution in [0, 0.1) is 5.92 Å². The predicted octanol–water partition coefficient (Wildman–Crippen LogP) is 1.54. The van der Waals surface area contributed by atoms with Gasteiger partial charge < -0.3 is 10.5 Å². The Balaban J connectivity index is 1.92. The topological polar surface area (TPSA) is 81.4 Å². The third-order valence-corrected chi connectivity index (χ3v) is 4.89. The summed E-state index contributed by atoms with van der Waals surface area (Å²) in [6, 6.07) is 4.98. The van der Waals surface area contributed by atoms with Crippen LogP contribution in [-0.2, 0) is 21.2 Å². The summed E-state index contributed by atoms with van der Waals surface area (Å²) in [7, 11) is -3.52. The van der Waals surface area contributed by atoms with Crippen molar-refractivity contribution in [3.05, 3.63) is 23.8 Å². The number of nitrogens with one attached hydrogen (secondary N) is 1. The lowest BCUT2D eigenvalue weighted by Crippen LogP contribution is -2.28. The Morgan fingerprint density at radius 1 is 1.40 bits per heavy atom. The van der Waals surface area contributed by atoms with Crippen LogP contribution < -0.4 is 10.5 Å². The van der Waals surface area contributed by atoms with Crippen LogP contribution in [0.25, 0.3) is 0 Å². The van der Waals surface area contributed by atoms with Crippen molar-refractivity contribution in [3.63, 3.8) is 0 Å². The van der Waals surface area contributed by atoms with Gasteiger partial charge in [0.1, 0.15) is 0 Å². The molecule has 1 fully saturated rings. The third-order valence-electron chi connectivity index (χ3n) is 3.35. The number of sulfonamides is 1. The molecule has 0 spiro atoms. The van der Waals surface area contributed by atoms with Crippen LogP contribution in [0.15, 0.2) is 23.1 Å². The number of nitrogens with two attached hydrogens (primary N) is 1. The molecule has 1 aromatic rings. The number of rotatable bonds is 8. The smallest absolute Gasteiger partial charge is 0.240 e. The van der Waals surface area contributed by atoms with E-state index in [-0.39, 0.29) is 11.4 Å². The van der Waals surface area contributed by atoms with Crippen LogP contribution >= 0.6 is 0 Å². The Labute approximate surface area is 120 Å². The molecule has 112 valence electrons. The van der Waals surface area contributed by atoms with Crippen LogP contribution in [-0.4, -0.2) is 28.2 Å². The SMILES string of the molecule is CCc1ccc(N)cc1S(=O)(=O)NCCOCC1CC1. The highest BCUT2D eigenvalue weighted by molar-refractivity contribution is 7.89. The van der Waals surface area contributed by atoms with Gasteiger partial charge >= 0.3 is 0 Å². The number of ether oxygens (including phenoxy) is 1. The van der Waals surface area contributed by atoms with Crippen molar-refractivity contribution in [1.29, 1.82) is 0 Å². The first-order valence-corrected chi connectivity index (χ1v) is 8.47. The molecule has 0 aromatic heterocycles. The summed E-state index contributed by atoms with van der Waals surface area (Å²) in [4.78, 5) is 0.266. The zero-order valence-corrected chi connectivity index (χ0v) is 12.6. The molecule has 5 nitrogen and oxygen atoms in total. The van der Waals surface area contributed by atoms with Crippen molar-refractivity contribution in [2.24, 2.45) is 5.92 Å². The highest BCUT2D eigenvalue weighted by atomic mass is 32.2. The van der Waals surface area contributed by atoms with Crippen molar-refractivity contribution in [1.82, 2.24) is 4.72 Å². The summed E-state index contributed by atoms with van der Waals surface area (Å²) in [6.45, 7) is 3.34. The molecule has 0 unspecified atom stereocenters. The molecule has 20 heavy (non-hydrogen) atoms. The molecule has 0 atom stereocenters. The van der Waals surface area contributed by atoms with E-state index >= 15 is 0 Å². The molecule has 1 aliphatic rings. The summed E-state index contributed by atoms with van der Waals surface area (Å²) in [6.07, 6.45) is 3.11. The van der Waals surface area contributed by atoms with E-state index in [9.17, 15) is 8.42 Å². The molecule has 6 heteroatoms. The number of nitrogen functional groups attached to an aromatic ring is 1. The van der Waals surface area contributed by atoms with Crippen molar-refractivity contribution in [3.8, 4) is 0 Å². The Morgan fingerprint density at radius 2 is 2.15 bits per heavy atom. The van der Waals surface area contributed by atoms with E-state index in [4.69, 9.17) is 10.5 Å². The molecular formula is C14H22N2O3S. The van der Waals surface area contributed by atoms with E-state index < -0.39 is 10.0 Å². The van der Waals surface area contributed by atoms with Gasteiger partial charge in [0.15, 0.2) is 0 Å². The highest BCUT2D eigenvalue weighted by Crippen LogP contribution is 2.28. The molecule has 0 saturated heterocycles. The second kappa shape index (κ2) is 6.56. The van der Waals surface area contributed by atoms with Crippen LogP contribution in [0.5, 0.6) is 0 Å². The maximum atomic E-state index is 12.3. The molecule has 1 aromatic carbocycles. The Kier molecular flexibility index (Phi) is 5.01. The maximum absolute atomic E-state index is 12.3. The summed E-state index contributed by atoms with van der Waals surface area (Å²) in [5.74, 6) is 0.687. The lowest BCUT2D eigenvalue weighted by atomic mass is 10.1. The highest BCUT2D eigenvalue weighted by Gasteiger charge is 2.21. The first-order valence-electron chi connectivity index (χ1n) is 6.98. The van der Waals surface area contributed by atoms with Gasteiger partial charge in [0.05, 0.1) is 11.5 Å². The van der Waals surface area contributed by atoms with Gasteiger partial charge in [-0.3, -0.25) is 0 Å². The first kappa shape index (κ1) is 15.3. The predicted molar refractivity (Wildman–Crippen MR) is 79.0 cm³/mol. The Bertz CT molecular complexity index is 554. The summed E-state index contributed by atoms with van der Waals surface area (Å²) in [5, 5.41) is 0. The van der Waals surface area contributed by atoms with E-state index in [0.717, 1.165) is 12.2 Å². The maximum Gasteiger partial charge on any atom is 0.240 e. The van der Waals surface area contributed by atoms with E-state index in [1.54, 1.807) is 12.1 Å². The molecule has 0 bridgehead atoms. The lowest BCUT2D eigenvalue weighted by molar-refractivity contribution is 0.129. The second-order valence-corrected chi connectivity index (χ2v) is 6.87. The molecule has 3 N–H and O–H groups in total. The number of hydrogen-bond acceptors (Lipinski definition) is 4. The zero-order chi connectivity index (χ0) is 14.6. The molecule has 0 aliphatic heterocycles. The van der Waals surface area contributed by atoms with Crippen LogP contribution in [0.2, 0.25) is 0 Å². The molecule has 1 aliphatic carbocycles. The molecule has 0 amide bonds. The Hall–Kier alpha value is -1.11. The fourth-order valence-corrected chi connectivity index (χ4v) is 3.33. The van der Waals surface area contributed by atoms with Gasteiger partial charge in [0.25, 0.3) is 0 Å². The Morgan fingerprint density at radius 3 is 2.80 bits per heavy atom. The quantitative estimate of drug-likeness (QED) is 0.563. The molecular weight excluding hydrogens is 276 g/mol. The molecule has 0 radical (unpaired) electrons. The minimum atomic E-state index is -3.52. The van der Waals surface area contributed by atoms with Gasteiger partial charge in [-0.2, -0.15) is 0 Å². The van der Waals surface area contributed by atoms with Gasteiger partial charge in [-0.15, -0.1) is 0 Å². The number of anilines is 1. The van der Waals surface area contributed by atoms with Crippen molar-refractivity contribution in [2.75, 3.05) is 25.5 Å². The van der Waals surface area contributed by atoms with Crippen molar-refractivity contribution >= 4 is 15.7 Å². The molecule has 0 heterocycles. The first-order chi connectivity index (χ1) is 9.53. The summed E-state index contributed by atoms with van der Waals surface area (Å²) >= 11 is 0. The van der Waals surface area contributed by atoms with Gasteiger partial charge in [-0.05, 0) is 42.9 Å². The van der Waals surface area contributed by atoms with E-state index in [1.165, 1.54) is 18.9 Å². The monoisotopic (exact) mass is 298 g/mol. The van der Waals surface area contributed by atoms with E-state index in [0.29, 0.717) is 24.6 Å². The van der Waals surface area contributed by atoms with Gasteiger partial charge in [-0.1, -0.05) is 13.0 Å². The fraction of sp³-hybridized carbons (Fsp3) is 0.571. The minimum Gasteiger partial charge on any atom is -0.399 e. The van der Waals surface area contributed by atoms with Gasteiger partial charge in [0, 0.05) is 18.8 Å². The second-order valence-electron chi connectivity index (χ2n) is 5.14.